The summed E-state index contributed by atoms with van der Waals surface area (Å²) < 4.78 is 0. The fourth-order valence-electron chi connectivity index (χ4n) is 2.38. The Hall–Kier alpha value is -1.35. The second-order valence-electron chi connectivity index (χ2n) is 7.31. The molecule has 0 radical (unpaired) electrons. The van der Waals surface area contributed by atoms with Crippen molar-refractivity contribution in [3.05, 3.63) is 35.4 Å². The molecule has 0 heterocycles. The van der Waals surface area contributed by atoms with E-state index in [4.69, 9.17) is 5.73 Å². The molecule has 3 nitrogen and oxygen atoms in total. The Balaban J connectivity index is 2.55. The van der Waals surface area contributed by atoms with Gasteiger partial charge < -0.3 is 11.1 Å². The number of rotatable bonds is 6. The minimum absolute atomic E-state index is 0.0559. The molecular weight excluding hydrogens is 260 g/mol. The highest BCUT2D eigenvalue weighted by Crippen LogP contribution is 2.24. The highest BCUT2D eigenvalue weighted by molar-refractivity contribution is 5.78. The van der Waals surface area contributed by atoms with Gasteiger partial charge in [-0.3, -0.25) is 4.79 Å². The number of hydrogen-bond donors (Lipinski definition) is 2. The molecule has 0 saturated carbocycles. The second-order valence-corrected chi connectivity index (χ2v) is 7.31. The lowest BCUT2D eigenvalue weighted by Crippen LogP contribution is -2.36. The standard InChI is InChI=1S/C18H30N2O/c1-13(2)15-8-6-14(7-9-15)12-20-17(21)16(11-19)10-18(3,4)5/h6-9,13,16H,10-12,19H2,1-5H3,(H,20,21). The molecule has 0 spiro atoms. The van der Waals surface area contributed by atoms with E-state index in [-0.39, 0.29) is 17.2 Å². The van der Waals surface area contributed by atoms with E-state index < -0.39 is 0 Å². The highest BCUT2D eigenvalue weighted by Gasteiger charge is 2.23. The van der Waals surface area contributed by atoms with Gasteiger partial charge in [-0.2, -0.15) is 0 Å². The lowest BCUT2D eigenvalue weighted by Gasteiger charge is -2.24. The van der Waals surface area contributed by atoms with Crippen LogP contribution < -0.4 is 11.1 Å². The van der Waals surface area contributed by atoms with Crippen LogP contribution in [0.4, 0.5) is 0 Å². The first kappa shape index (κ1) is 17.7. The summed E-state index contributed by atoms with van der Waals surface area (Å²) in [6, 6.07) is 8.41. The maximum atomic E-state index is 12.2. The van der Waals surface area contributed by atoms with E-state index in [1.165, 1.54) is 5.56 Å². The van der Waals surface area contributed by atoms with Crippen LogP contribution in [0.25, 0.3) is 0 Å². The number of carbonyl (C=O) groups is 1. The summed E-state index contributed by atoms with van der Waals surface area (Å²) >= 11 is 0. The van der Waals surface area contributed by atoms with Crippen LogP contribution in [-0.2, 0) is 11.3 Å². The summed E-state index contributed by atoms with van der Waals surface area (Å²) in [5, 5.41) is 3.00. The predicted octanol–water partition coefficient (Wildman–Crippen LogP) is 3.44. The van der Waals surface area contributed by atoms with Crippen LogP contribution >= 0.6 is 0 Å². The van der Waals surface area contributed by atoms with Gasteiger partial charge in [0, 0.05) is 13.1 Å². The molecule has 0 fully saturated rings. The van der Waals surface area contributed by atoms with Crippen LogP contribution in [0.2, 0.25) is 0 Å². The number of nitrogens with two attached hydrogens (primary N) is 1. The average molecular weight is 290 g/mol. The third-order valence-corrected chi connectivity index (χ3v) is 3.63. The average Bonchev–Trinajstić information content (AvgIpc) is 2.41. The third-order valence-electron chi connectivity index (χ3n) is 3.63. The molecule has 1 aromatic rings. The van der Waals surface area contributed by atoms with Crippen molar-refractivity contribution in [3.8, 4) is 0 Å². The van der Waals surface area contributed by atoms with Crippen LogP contribution in [0.5, 0.6) is 0 Å². The van der Waals surface area contributed by atoms with E-state index in [2.05, 4.69) is 64.2 Å². The fraction of sp³-hybridized carbons (Fsp3) is 0.611. The van der Waals surface area contributed by atoms with Crippen molar-refractivity contribution in [1.82, 2.24) is 5.32 Å². The lowest BCUT2D eigenvalue weighted by molar-refractivity contribution is -0.125. The summed E-state index contributed by atoms with van der Waals surface area (Å²) in [7, 11) is 0. The van der Waals surface area contributed by atoms with Gasteiger partial charge in [-0.1, -0.05) is 58.9 Å². The molecule has 0 bridgehead atoms. The van der Waals surface area contributed by atoms with Crippen molar-refractivity contribution >= 4 is 5.91 Å². The van der Waals surface area contributed by atoms with Crippen molar-refractivity contribution in [1.29, 1.82) is 0 Å². The first-order valence-electron chi connectivity index (χ1n) is 7.79. The van der Waals surface area contributed by atoms with Crippen LogP contribution in [-0.4, -0.2) is 12.5 Å². The van der Waals surface area contributed by atoms with Gasteiger partial charge in [-0.25, -0.2) is 0 Å². The van der Waals surface area contributed by atoms with E-state index in [1.54, 1.807) is 0 Å². The Morgan fingerprint density at radius 1 is 1.19 bits per heavy atom. The Bertz CT molecular complexity index is 443. The number of carbonyl (C=O) groups excluding carboxylic acids is 1. The Morgan fingerprint density at radius 3 is 2.19 bits per heavy atom. The first-order valence-corrected chi connectivity index (χ1v) is 7.79. The minimum Gasteiger partial charge on any atom is -0.352 e. The molecule has 0 aliphatic rings. The molecule has 118 valence electrons. The molecule has 21 heavy (non-hydrogen) atoms. The molecule has 0 aromatic heterocycles. The normalized spacial score (nSPS) is 13.3. The Labute approximate surface area is 129 Å². The topological polar surface area (TPSA) is 55.1 Å². The molecular formula is C18H30N2O. The Kier molecular flexibility index (Phi) is 6.41. The van der Waals surface area contributed by atoms with Gasteiger partial charge in [-0.05, 0) is 28.9 Å². The zero-order chi connectivity index (χ0) is 16.0. The first-order chi connectivity index (χ1) is 9.73. The van der Waals surface area contributed by atoms with Gasteiger partial charge in [0.05, 0.1) is 5.92 Å². The monoisotopic (exact) mass is 290 g/mol. The summed E-state index contributed by atoms with van der Waals surface area (Å²) in [5.41, 5.74) is 8.30. The SMILES string of the molecule is CC(C)c1ccc(CNC(=O)C(CN)CC(C)(C)C)cc1. The largest absolute Gasteiger partial charge is 0.352 e. The van der Waals surface area contributed by atoms with Crippen LogP contribution in [0.15, 0.2) is 24.3 Å². The predicted molar refractivity (Wildman–Crippen MR) is 89.0 cm³/mol. The van der Waals surface area contributed by atoms with E-state index in [0.29, 0.717) is 19.0 Å². The maximum Gasteiger partial charge on any atom is 0.224 e. The molecule has 1 aromatic carbocycles. The Morgan fingerprint density at radius 2 is 1.76 bits per heavy atom. The number of hydrogen-bond acceptors (Lipinski definition) is 2. The number of benzene rings is 1. The van der Waals surface area contributed by atoms with Crippen LogP contribution in [0.1, 0.15) is 58.1 Å². The zero-order valence-electron chi connectivity index (χ0n) is 14.1. The minimum atomic E-state index is -0.111. The number of nitrogens with one attached hydrogen (secondary N) is 1. The molecule has 0 saturated heterocycles. The third kappa shape index (κ3) is 6.30. The van der Waals surface area contributed by atoms with Crippen molar-refractivity contribution in [2.75, 3.05) is 6.54 Å². The van der Waals surface area contributed by atoms with E-state index in [9.17, 15) is 4.79 Å². The van der Waals surface area contributed by atoms with Gasteiger partial charge in [0.15, 0.2) is 0 Å². The smallest absolute Gasteiger partial charge is 0.224 e. The summed E-state index contributed by atoms with van der Waals surface area (Å²) in [5.74, 6) is 0.474. The van der Waals surface area contributed by atoms with Gasteiger partial charge >= 0.3 is 0 Å². The van der Waals surface area contributed by atoms with Gasteiger partial charge in [0.25, 0.3) is 0 Å². The van der Waals surface area contributed by atoms with E-state index >= 15 is 0 Å². The van der Waals surface area contributed by atoms with Crippen molar-refractivity contribution < 1.29 is 4.79 Å². The van der Waals surface area contributed by atoms with E-state index in [0.717, 1.165) is 12.0 Å². The molecule has 3 N–H and O–H groups in total. The second kappa shape index (κ2) is 7.60. The summed E-state index contributed by atoms with van der Waals surface area (Å²) in [6.45, 7) is 11.7. The van der Waals surface area contributed by atoms with Crippen molar-refractivity contribution in [3.63, 3.8) is 0 Å². The molecule has 0 aliphatic carbocycles. The van der Waals surface area contributed by atoms with Gasteiger partial charge in [0.2, 0.25) is 5.91 Å². The van der Waals surface area contributed by atoms with Crippen LogP contribution in [0, 0.1) is 11.3 Å². The van der Waals surface area contributed by atoms with Crippen molar-refractivity contribution in [2.45, 2.75) is 53.5 Å². The highest BCUT2D eigenvalue weighted by atomic mass is 16.1. The van der Waals surface area contributed by atoms with Crippen LogP contribution in [0.3, 0.4) is 0 Å². The van der Waals surface area contributed by atoms with E-state index in [1.807, 2.05) is 0 Å². The quantitative estimate of drug-likeness (QED) is 0.843. The molecule has 3 heteroatoms. The molecule has 1 unspecified atom stereocenters. The van der Waals surface area contributed by atoms with Gasteiger partial charge in [-0.15, -0.1) is 0 Å². The summed E-state index contributed by atoms with van der Waals surface area (Å²) in [4.78, 5) is 12.2. The summed E-state index contributed by atoms with van der Waals surface area (Å²) in [6.07, 6.45) is 0.807. The fourth-order valence-corrected chi connectivity index (χ4v) is 2.38. The molecule has 1 amide bonds. The maximum absolute atomic E-state index is 12.2. The molecule has 1 rings (SSSR count). The molecule has 0 aliphatic heterocycles. The number of amides is 1. The lowest BCUT2D eigenvalue weighted by atomic mass is 9.84. The molecule has 1 atom stereocenters. The van der Waals surface area contributed by atoms with Crippen molar-refractivity contribution in [2.24, 2.45) is 17.1 Å². The van der Waals surface area contributed by atoms with Gasteiger partial charge in [0.1, 0.15) is 0 Å². The zero-order valence-corrected chi connectivity index (χ0v) is 14.1.